The number of nitrogens with zero attached hydrogens (tertiary/aromatic N) is 1. The van der Waals surface area contributed by atoms with Crippen LogP contribution in [0.25, 0.3) is 0 Å². The van der Waals surface area contributed by atoms with Crippen LogP contribution in [-0.2, 0) is 26.3 Å². The van der Waals surface area contributed by atoms with E-state index in [1.807, 2.05) is 17.0 Å². The average Bonchev–Trinajstić information content (AvgIpc) is 3.35. The first-order chi connectivity index (χ1) is 13.0. The van der Waals surface area contributed by atoms with Gasteiger partial charge in [-0.05, 0) is 42.5 Å². The topological polar surface area (TPSA) is 85.3 Å². The number of esters is 1. The zero-order valence-electron chi connectivity index (χ0n) is 15.7. The standard InChI is InChI=1S/C20H23NO6/c1-25-13-8-10-5-7-21-17(23)16-15-12(22)4-6-19(21,11(10)9-14(13)26-2)20(15,16)18(24)27-3/h8-9,12,15-16,22H,4-7H2,1-3H3/t12?,15-,16-,19-,20-/m0/s1. The molecule has 5 atom stereocenters. The third-order valence-electron chi connectivity index (χ3n) is 7.34. The Balaban J connectivity index is 1.79. The molecule has 1 unspecified atom stereocenters. The van der Waals surface area contributed by atoms with Crippen LogP contribution in [0, 0.1) is 17.3 Å². The summed E-state index contributed by atoms with van der Waals surface area (Å²) in [6, 6.07) is 3.86. The summed E-state index contributed by atoms with van der Waals surface area (Å²) >= 11 is 0. The lowest BCUT2D eigenvalue weighted by molar-refractivity contribution is -0.162. The highest BCUT2D eigenvalue weighted by Crippen LogP contribution is 2.80. The number of fused-ring (bicyclic) bond motifs is 2. The summed E-state index contributed by atoms with van der Waals surface area (Å²) in [5, 5.41) is 10.6. The molecular formula is C20H23NO6. The minimum atomic E-state index is -1.01. The molecule has 7 heteroatoms. The van der Waals surface area contributed by atoms with E-state index in [2.05, 4.69) is 0 Å². The lowest BCUT2D eigenvalue weighted by atomic mass is 9.63. The molecule has 0 bridgehead atoms. The summed E-state index contributed by atoms with van der Waals surface area (Å²) in [6.45, 7) is 0.555. The Bertz CT molecular complexity index is 868. The summed E-state index contributed by atoms with van der Waals surface area (Å²) < 4.78 is 16.1. The van der Waals surface area contributed by atoms with Crippen molar-refractivity contribution >= 4 is 11.9 Å². The summed E-state index contributed by atoms with van der Waals surface area (Å²) in [4.78, 5) is 28.1. The maximum absolute atomic E-state index is 13.2. The van der Waals surface area contributed by atoms with Crippen molar-refractivity contribution in [1.82, 2.24) is 4.90 Å². The van der Waals surface area contributed by atoms with Crippen LogP contribution in [0.2, 0.25) is 0 Å². The number of ether oxygens (including phenoxy) is 3. The molecule has 1 N–H and O–H groups in total. The van der Waals surface area contributed by atoms with Gasteiger partial charge in [0.25, 0.3) is 0 Å². The minimum absolute atomic E-state index is 0.0374. The first kappa shape index (κ1) is 16.9. The number of hydrogen-bond acceptors (Lipinski definition) is 6. The molecule has 1 spiro atoms. The number of benzene rings is 1. The van der Waals surface area contributed by atoms with Gasteiger partial charge >= 0.3 is 5.97 Å². The van der Waals surface area contributed by atoms with E-state index in [-0.39, 0.29) is 11.8 Å². The van der Waals surface area contributed by atoms with Gasteiger partial charge in [0.2, 0.25) is 5.91 Å². The molecule has 4 aliphatic rings. The van der Waals surface area contributed by atoms with Crippen molar-refractivity contribution in [3.05, 3.63) is 23.3 Å². The first-order valence-corrected chi connectivity index (χ1v) is 9.32. The number of carbonyl (C=O) groups excluding carboxylic acids is 2. The van der Waals surface area contributed by atoms with Gasteiger partial charge in [-0.1, -0.05) is 0 Å². The molecule has 1 saturated heterocycles. The number of amides is 1. The van der Waals surface area contributed by atoms with Crippen LogP contribution in [0.3, 0.4) is 0 Å². The molecule has 5 rings (SSSR count). The van der Waals surface area contributed by atoms with Gasteiger partial charge < -0.3 is 24.2 Å². The van der Waals surface area contributed by atoms with Gasteiger partial charge in [-0.25, -0.2) is 0 Å². The maximum Gasteiger partial charge on any atom is 0.315 e. The fourth-order valence-electron chi connectivity index (χ4n) is 6.43. The molecule has 0 aromatic heterocycles. The summed E-state index contributed by atoms with van der Waals surface area (Å²) in [7, 11) is 4.53. The molecular weight excluding hydrogens is 350 g/mol. The Morgan fingerprint density at radius 1 is 1.22 bits per heavy atom. The van der Waals surface area contributed by atoms with Crippen LogP contribution in [-0.4, -0.2) is 55.9 Å². The highest BCUT2D eigenvalue weighted by molar-refractivity contribution is 6.01. The van der Waals surface area contributed by atoms with Gasteiger partial charge in [0.1, 0.15) is 5.41 Å². The minimum Gasteiger partial charge on any atom is -0.493 e. The molecule has 2 saturated carbocycles. The number of carbonyl (C=O) groups is 2. The van der Waals surface area contributed by atoms with Crippen LogP contribution >= 0.6 is 0 Å². The third kappa shape index (κ3) is 1.60. The summed E-state index contributed by atoms with van der Waals surface area (Å²) in [5.41, 5.74) is 0.203. The second-order valence-electron chi connectivity index (χ2n) is 7.93. The van der Waals surface area contributed by atoms with E-state index in [1.54, 1.807) is 14.2 Å². The second kappa shape index (κ2) is 5.16. The SMILES string of the molecule is COC(=O)[C@]12[C@@H]3C(=O)N4CCc5cc(OC)c(OC)cc5[C@]41CCC(O)[C@@H]32. The van der Waals surface area contributed by atoms with Crippen molar-refractivity contribution in [1.29, 1.82) is 0 Å². The van der Waals surface area contributed by atoms with Crippen molar-refractivity contribution in [3.63, 3.8) is 0 Å². The van der Waals surface area contributed by atoms with E-state index in [0.29, 0.717) is 37.3 Å². The van der Waals surface area contributed by atoms with E-state index in [9.17, 15) is 14.7 Å². The second-order valence-corrected chi connectivity index (χ2v) is 7.93. The largest absolute Gasteiger partial charge is 0.493 e. The van der Waals surface area contributed by atoms with Crippen LogP contribution in [0.1, 0.15) is 24.0 Å². The number of aliphatic hydroxyl groups is 1. The fourth-order valence-corrected chi connectivity index (χ4v) is 6.43. The molecule has 1 aromatic carbocycles. The summed E-state index contributed by atoms with van der Waals surface area (Å²) in [6.07, 6.45) is 1.12. The molecule has 2 aliphatic carbocycles. The zero-order chi connectivity index (χ0) is 19.1. The van der Waals surface area contributed by atoms with Crippen molar-refractivity contribution < 1.29 is 28.9 Å². The highest BCUT2D eigenvalue weighted by Gasteiger charge is 2.91. The molecule has 2 aliphatic heterocycles. The Labute approximate surface area is 157 Å². The van der Waals surface area contributed by atoms with Gasteiger partial charge in [0.15, 0.2) is 11.5 Å². The smallest absolute Gasteiger partial charge is 0.315 e. The van der Waals surface area contributed by atoms with E-state index in [4.69, 9.17) is 14.2 Å². The van der Waals surface area contributed by atoms with E-state index >= 15 is 0 Å². The summed E-state index contributed by atoms with van der Waals surface area (Å²) in [5.74, 6) is -0.0914. The lowest BCUT2D eigenvalue weighted by Gasteiger charge is -2.52. The molecule has 3 fully saturated rings. The van der Waals surface area contributed by atoms with Crippen molar-refractivity contribution in [3.8, 4) is 11.5 Å². The van der Waals surface area contributed by atoms with Crippen LogP contribution < -0.4 is 9.47 Å². The Morgan fingerprint density at radius 2 is 1.93 bits per heavy atom. The zero-order valence-corrected chi connectivity index (χ0v) is 15.7. The number of hydrogen-bond donors (Lipinski definition) is 1. The highest BCUT2D eigenvalue weighted by atomic mass is 16.5. The number of piperidine rings is 1. The van der Waals surface area contributed by atoms with Gasteiger partial charge in [-0.2, -0.15) is 0 Å². The average molecular weight is 373 g/mol. The van der Waals surface area contributed by atoms with Crippen molar-refractivity contribution in [2.24, 2.45) is 17.3 Å². The lowest BCUT2D eigenvalue weighted by Crippen LogP contribution is -2.60. The third-order valence-corrected chi connectivity index (χ3v) is 7.34. The fraction of sp³-hybridized carbons (Fsp3) is 0.600. The van der Waals surface area contributed by atoms with E-state index in [1.165, 1.54) is 7.11 Å². The van der Waals surface area contributed by atoms with Crippen LogP contribution in [0.5, 0.6) is 11.5 Å². The normalized spacial score (nSPS) is 37.9. The number of aliphatic hydroxyl groups excluding tert-OH is 1. The number of rotatable bonds is 3. The van der Waals surface area contributed by atoms with Gasteiger partial charge in [-0.3, -0.25) is 9.59 Å². The first-order valence-electron chi connectivity index (χ1n) is 9.32. The molecule has 2 heterocycles. The molecule has 1 aromatic rings. The molecule has 27 heavy (non-hydrogen) atoms. The van der Waals surface area contributed by atoms with Crippen LogP contribution in [0.4, 0.5) is 0 Å². The predicted molar refractivity (Wildman–Crippen MR) is 93.3 cm³/mol. The molecule has 7 nitrogen and oxygen atoms in total. The van der Waals surface area contributed by atoms with Gasteiger partial charge in [-0.15, -0.1) is 0 Å². The maximum atomic E-state index is 13.2. The van der Waals surface area contributed by atoms with Gasteiger partial charge in [0, 0.05) is 12.5 Å². The van der Waals surface area contributed by atoms with Crippen molar-refractivity contribution in [2.75, 3.05) is 27.9 Å². The van der Waals surface area contributed by atoms with E-state index < -0.39 is 28.9 Å². The van der Waals surface area contributed by atoms with Crippen molar-refractivity contribution in [2.45, 2.75) is 30.9 Å². The Hall–Kier alpha value is -2.28. The monoisotopic (exact) mass is 373 g/mol. The van der Waals surface area contributed by atoms with E-state index in [0.717, 1.165) is 11.1 Å². The Kier molecular flexibility index (Phi) is 3.22. The predicted octanol–water partition coefficient (Wildman–Crippen LogP) is 0.857. The Morgan fingerprint density at radius 3 is 2.59 bits per heavy atom. The molecule has 1 amide bonds. The van der Waals surface area contributed by atoms with Crippen LogP contribution in [0.15, 0.2) is 12.1 Å². The van der Waals surface area contributed by atoms with Gasteiger partial charge in [0.05, 0.1) is 38.9 Å². The molecule has 144 valence electrons. The molecule has 0 radical (unpaired) electrons. The quantitative estimate of drug-likeness (QED) is 0.791. The number of methoxy groups -OCH3 is 3.